The predicted molar refractivity (Wildman–Crippen MR) is 113 cm³/mol. The molecule has 5 heteroatoms. The van der Waals surface area contributed by atoms with Crippen LogP contribution in [0.1, 0.15) is 96.8 Å². The van der Waals surface area contributed by atoms with Gasteiger partial charge in [-0.2, -0.15) is 0 Å². The molecule has 0 aromatic rings. The lowest BCUT2D eigenvalue weighted by atomic mass is 10.1. The molecule has 0 rings (SSSR count). The van der Waals surface area contributed by atoms with Crippen LogP contribution in [0, 0.1) is 0 Å². The number of carbonyl (C=O) groups excluding carboxylic acids is 1. The van der Waals surface area contributed by atoms with Crippen LogP contribution in [0.15, 0.2) is 12.2 Å². The largest absolute Gasteiger partial charge is 0.395 e. The van der Waals surface area contributed by atoms with Crippen molar-refractivity contribution in [3.63, 3.8) is 0 Å². The fraction of sp³-hybridized carbons (Fsp3) is 0.864. The molecule has 1 amide bonds. The van der Waals surface area contributed by atoms with Gasteiger partial charge in [-0.3, -0.25) is 10.2 Å². The van der Waals surface area contributed by atoms with Gasteiger partial charge in [-0.1, -0.05) is 70.4 Å². The molecule has 0 saturated carbocycles. The van der Waals surface area contributed by atoms with Gasteiger partial charge in [0.1, 0.15) is 0 Å². The van der Waals surface area contributed by atoms with E-state index in [2.05, 4.69) is 24.5 Å². The summed E-state index contributed by atoms with van der Waals surface area (Å²) in [5.41, 5.74) is 2.73. The topological polar surface area (TPSA) is 72.8 Å². The van der Waals surface area contributed by atoms with Gasteiger partial charge in [-0.05, 0) is 32.1 Å². The van der Waals surface area contributed by atoms with Crippen molar-refractivity contribution in [1.29, 1.82) is 0 Å². The second kappa shape index (κ2) is 21.4. The Labute approximate surface area is 167 Å². The predicted octanol–water partition coefficient (Wildman–Crippen LogP) is 4.34. The number of rotatable bonds is 20. The number of amides is 1. The summed E-state index contributed by atoms with van der Waals surface area (Å²) in [4.78, 5) is 11.8. The molecule has 0 aliphatic heterocycles. The molecule has 160 valence electrons. The van der Waals surface area contributed by atoms with Crippen LogP contribution in [0.2, 0.25) is 0 Å². The zero-order valence-corrected chi connectivity index (χ0v) is 17.6. The summed E-state index contributed by atoms with van der Waals surface area (Å²) < 4.78 is 0. The second-order valence-electron chi connectivity index (χ2n) is 7.30. The van der Waals surface area contributed by atoms with Gasteiger partial charge in [-0.25, -0.2) is 5.01 Å². The molecule has 0 aliphatic rings. The summed E-state index contributed by atoms with van der Waals surface area (Å²) in [6.45, 7) is 2.88. The fourth-order valence-electron chi connectivity index (χ4n) is 3.05. The molecule has 0 bridgehead atoms. The van der Waals surface area contributed by atoms with Crippen molar-refractivity contribution in [2.45, 2.75) is 96.8 Å². The monoisotopic (exact) mass is 384 g/mol. The maximum Gasteiger partial charge on any atom is 0.234 e. The normalized spacial score (nSPS) is 11.6. The molecule has 0 aromatic heterocycles. The SMILES string of the molecule is CCCCCCCC/C=C\CCCCCCCC(=O)NN(CCO)CCO. The highest BCUT2D eigenvalue weighted by atomic mass is 16.3. The van der Waals surface area contributed by atoms with Crippen molar-refractivity contribution in [2.24, 2.45) is 0 Å². The minimum Gasteiger partial charge on any atom is -0.395 e. The van der Waals surface area contributed by atoms with E-state index < -0.39 is 0 Å². The van der Waals surface area contributed by atoms with Gasteiger partial charge in [0.2, 0.25) is 5.91 Å². The van der Waals surface area contributed by atoms with Gasteiger partial charge in [0.15, 0.2) is 0 Å². The number of hydrazine groups is 1. The van der Waals surface area contributed by atoms with Crippen LogP contribution < -0.4 is 5.43 Å². The quantitative estimate of drug-likeness (QED) is 0.166. The highest BCUT2D eigenvalue weighted by Gasteiger charge is 2.07. The van der Waals surface area contributed by atoms with E-state index >= 15 is 0 Å². The molecule has 0 atom stereocenters. The van der Waals surface area contributed by atoms with Crippen molar-refractivity contribution >= 4 is 5.91 Å². The maximum atomic E-state index is 11.8. The minimum absolute atomic E-state index is 0.0328. The summed E-state index contributed by atoms with van der Waals surface area (Å²) in [5, 5.41) is 19.4. The molecule has 3 N–H and O–H groups in total. The summed E-state index contributed by atoms with van der Waals surface area (Å²) >= 11 is 0. The van der Waals surface area contributed by atoms with Gasteiger partial charge in [-0.15, -0.1) is 0 Å². The molecule has 0 saturated heterocycles. The molecule has 0 heterocycles. The van der Waals surface area contributed by atoms with Crippen LogP contribution >= 0.6 is 0 Å². The number of nitrogens with one attached hydrogen (secondary N) is 1. The maximum absolute atomic E-state index is 11.8. The number of hydrogen-bond donors (Lipinski definition) is 3. The average molecular weight is 385 g/mol. The van der Waals surface area contributed by atoms with E-state index in [-0.39, 0.29) is 19.1 Å². The summed E-state index contributed by atoms with van der Waals surface area (Å²) in [6.07, 6.45) is 21.4. The Bertz CT molecular complexity index is 342. The third kappa shape index (κ3) is 19.7. The average Bonchev–Trinajstić information content (AvgIpc) is 2.65. The van der Waals surface area contributed by atoms with Gasteiger partial charge in [0, 0.05) is 19.5 Å². The Balaban J connectivity index is 3.38. The van der Waals surface area contributed by atoms with Gasteiger partial charge < -0.3 is 10.2 Å². The number of aliphatic hydroxyl groups is 2. The molecule has 0 fully saturated rings. The van der Waals surface area contributed by atoms with Crippen molar-refractivity contribution in [3.8, 4) is 0 Å². The molecular formula is C22H44N2O3. The highest BCUT2D eigenvalue weighted by molar-refractivity contribution is 5.75. The van der Waals surface area contributed by atoms with Crippen molar-refractivity contribution in [1.82, 2.24) is 10.4 Å². The molecule has 27 heavy (non-hydrogen) atoms. The number of unbranched alkanes of at least 4 members (excludes halogenated alkanes) is 11. The molecule has 0 unspecified atom stereocenters. The van der Waals surface area contributed by atoms with E-state index in [0.29, 0.717) is 19.5 Å². The van der Waals surface area contributed by atoms with Crippen LogP contribution in [0.4, 0.5) is 0 Å². The zero-order chi connectivity index (χ0) is 20.0. The summed E-state index contributed by atoms with van der Waals surface area (Å²) in [6, 6.07) is 0. The first-order valence-corrected chi connectivity index (χ1v) is 11.2. The van der Waals surface area contributed by atoms with E-state index in [1.165, 1.54) is 70.6 Å². The Kier molecular flexibility index (Phi) is 20.7. The number of nitrogens with zero attached hydrogens (tertiary/aromatic N) is 1. The molecular weight excluding hydrogens is 340 g/mol. The number of aliphatic hydroxyl groups excluding tert-OH is 2. The van der Waals surface area contributed by atoms with Gasteiger partial charge >= 0.3 is 0 Å². The van der Waals surface area contributed by atoms with Crippen LogP contribution in [-0.2, 0) is 4.79 Å². The van der Waals surface area contributed by atoms with Crippen LogP contribution in [0.5, 0.6) is 0 Å². The highest BCUT2D eigenvalue weighted by Crippen LogP contribution is 2.10. The first-order valence-electron chi connectivity index (χ1n) is 11.2. The smallest absolute Gasteiger partial charge is 0.234 e. The lowest BCUT2D eigenvalue weighted by molar-refractivity contribution is -0.126. The molecule has 0 aromatic carbocycles. The minimum atomic E-state index is -0.0340. The lowest BCUT2D eigenvalue weighted by Crippen LogP contribution is -2.45. The summed E-state index contributed by atoms with van der Waals surface area (Å²) in [7, 11) is 0. The van der Waals surface area contributed by atoms with Crippen LogP contribution in [0.25, 0.3) is 0 Å². The number of allylic oxidation sites excluding steroid dienone is 2. The van der Waals surface area contributed by atoms with E-state index in [9.17, 15) is 4.79 Å². The first-order chi connectivity index (χ1) is 13.2. The van der Waals surface area contributed by atoms with E-state index in [1.807, 2.05) is 0 Å². The van der Waals surface area contributed by atoms with E-state index in [0.717, 1.165) is 12.8 Å². The first kappa shape index (κ1) is 26.1. The van der Waals surface area contributed by atoms with Crippen LogP contribution in [-0.4, -0.2) is 47.4 Å². The molecule has 0 aliphatic carbocycles. The molecule has 5 nitrogen and oxygen atoms in total. The number of hydrogen-bond acceptors (Lipinski definition) is 4. The van der Waals surface area contributed by atoms with Crippen LogP contribution in [0.3, 0.4) is 0 Å². The number of carbonyl (C=O) groups is 1. The summed E-state index contributed by atoms with van der Waals surface area (Å²) in [5.74, 6) is -0.0328. The van der Waals surface area contributed by atoms with Crippen molar-refractivity contribution < 1.29 is 15.0 Å². The van der Waals surface area contributed by atoms with Gasteiger partial charge in [0.25, 0.3) is 0 Å². The Morgan fingerprint density at radius 2 is 1.26 bits per heavy atom. The van der Waals surface area contributed by atoms with Crippen molar-refractivity contribution in [2.75, 3.05) is 26.3 Å². The third-order valence-electron chi connectivity index (χ3n) is 4.69. The standard InChI is InChI=1S/C22H44N2O3/c1-2-3-4-5-6-7-8-9-10-11-12-13-14-15-16-17-22(27)23-24(18-20-25)19-21-26/h9-10,25-26H,2-8,11-21H2,1H3,(H,23,27)/b10-9-. The van der Waals surface area contributed by atoms with E-state index in [4.69, 9.17) is 10.2 Å². The Morgan fingerprint density at radius 1 is 0.778 bits per heavy atom. The molecule has 0 radical (unpaired) electrons. The zero-order valence-electron chi connectivity index (χ0n) is 17.6. The van der Waals surface area contributed by atoms with Crippen molar-refractivity contribution in [3.05, 3.63) is 12.2 Å². The molecule has 0 spiro atoms. The lowest BCUT2D eigenvalue weighted by Gasteiger charge is -2.21. The van der Waals surface area contributed by atoms with E-state index in [1.54, 1.807) is 5.01 Å². The third-order valence-corrected chi connectivity index (χ3v) is 4.69. The van der Waals surface area contributed by atoms with Gasteiger partial charge in [0.05, 0.1) is 13.2 Å². The fourth-order valence-corrected chi connectivity index (χ4v) is 3.05. The second-order valence-corrected chi connectivity index (χ2v) is 7.30. The Hall–Kier alpha value is -0.910. The Morgan fingerprint density at radius 3 is 1.78 bits per heavy atom.